The average molecular weight is 263 g/mol. The van der Waals surface area contributed by atoms with E-state index in [4.69, 9.17) is 0 Å². The summed E-state index contributed by atoms with van der Waals surface area (Å²) in [6.45, 7) is 8.46. The lowest BCUT2D eigenvalue weighted by Gasteiger charge is -2.24. The molecule has 0 aromatic heterocycles. The lowest BCUT2D eigenvalue weighted by Crippen LogP contribution is -2.46. The van der Waals surface area contributed by atoms with Gasteiger partial charge in [0.05, 0.1) is 0 Å². The zero-order chi connectivity index (χ0) is 12.9. The van der Waals surface area contributed by atoms with Crippen LogP contribution in [0.25, 0.3) is 0 Å². The Bertz CT molecular complexity index is 311. The Kier molecular flexibility index (Phi) is 5.85. The highest BCUT2D eigenvalue weighted by Crippen LogP contribution is 2.09. The Labute approximate surface area is 105 Å². The summed E-state index contributed by atoms with van der Waals surface area (Å²) >= 11 is 0. The molecule has 0 radical (unpaired) electrons. The van der Waals surface area contributed by atoms with Crippen LogP contribution in [-0.4, -0.2) is 44.9 Å². The van der Waals surface area contributed by atoms with E-state index in [1.165, 1.54) is 4.31 Å². The van der Waals surface area contributed by atoms with Crippen molar-refractivity contribution in [2.75, 3.05) is 26.2 Å². The van der Waals surface area contributed by atoms with Crippen LogP contribution in [-0.2, 0) is 10.2 Å². The van der Waals surface area contributed by atoms with Crippen LogP contribution in [0, 0.1) is 5.92 Å². The third kappa shape index (κ3) is 4.91. The Morgan fingerprint density at radius 1 is 1.47 bits per heavy atom. The molecule has 0 saturated carbocycles. The van der Waals surface area contributed by atoms with E-state index in [0.29, 0.717) is 31.6 Å². The predicted octanol–water partition coefficient (Wildman–Crippen LogP) is 0.551. The van der Waals surface area contributed by atoms with Gasteiger partial charge in [0.2, 0.25) is 0 Å². The van der Waals surface area contributed by atoms with Gasteiger partial charge in [0.1, 0.15) is 0 Å². The normalized spacial score (nSPS) is 21.6. The lowest BCUT2D eigenvalue weighted by molar-refractivity contribution is 0.375. The zero-order valence-electron chi connectivity index (χ0n) is 11.1. The molecule has 0 spiro atoms. The standard InChI is InChI=1S/C11H25N3O2S/c1-4-14(9-11-6-5-7-12-11)17(15,16)13-8-10(2)3/h10-13H,4-9H2,1-3H3. The zero-order valence-corrected chi connectivity index (χ0v) is 11.9. The Balaban J connectivity index is 2.52. The highest BCUT2D eigenvalue weighted by atomic mass is 32.2. The van der Waals surface area contributed by atoms with Crippen molar-refractivity contribution in [3.63, 3.8) is 0 Å². The SMILES string of the molecule is CCN(CC1CCCN1)S(=O)(=O)NCC(C)C. The molecule has 0 aromatic rings. The van der Waals surface area contributed by atoms with E-state index in [2.05, 4.69) is 10.0 Å². The van der Waals surface area contributed by atoms with Crippen molar-refractivity contribution in [3.05, 3.63) is 0 Å². The van der Waals surface area contributed by atoms with Crippen molar-refractivity contribution in [2.45, 2.75) is 39.7 Å². The van der Waals surface area contributed by atoms with Gasteiger partial charge in [-0.05, 0) is 25.3 Å². The summed E-state index contributed by atoms with van der Waals surface area (Å²) in [4.78, 5) is 0. The molecule has 1 atom stereocenters. The summed E-state index contributed by atoms with van der Waals surface area (Å²) in [5, 5.41) is 3.32. The van der Waals surface area contributed by atoms with Gasteiger partial charge < -0.3 is 5.32 Å². The molecule has 1 saturated heterocycles. The average Bonchev–Trinajstić information content (AvgIpc) is 2.75. The first kappa shape index (κ1) is 14.9. The monoisotopic (exact) mass is 263 g/mol. The van der Waals surface area contributed by atoms with Crippen molar-refractivity contribution < 1.29 is 8.42 Å². The minimum atomic E-state index is -3.31. The maximum atomic E-state index is 12.0. The molecular formula is C11H25N3O2S. The first-order valence-corrected chi connectivity index (χ1v) is 7.87. The first-order chi connectivity index (χ1) is 7.95. The summed E-state index contributed by atoms with van der Waals surface area (Å²) in [5.41, 5.74) is 0. The smallest absolute Gasteiger partial charge is 0.279 e. The number of hydrogen-bond acceptors (Lipinski definition) is 3. The fraction of sp³-hybridized carbons (Fsp3) is 1.00. The van der Waals surface area contributed by atoms with Gasteiger partial charge in [-0.3, -0.25) is 0 Å². The molecule has 1 unspecified atom stereocenters. The van der Waals surface area contributed by atoms with Crippen LogP contribution in [0.2, 0.25) is 0 Å². The molecule has 1 aliphatic rings. The largest absolute Gasteiger partial charge is 0.313 e. The van der Waals surface area contributed by atoms with Gasteiger partial charge in [0, 0.05) is 25.7 Å². The number of rotatable bonds is 7. The second-order valence-electron chi connectivity index (χ2n) is 4.99. The maximum Gasteiger partial charge on any atom is 0.279 e. The molecule has 0 amide bonds. The van der Waals surface area contributed by atoms with Crippen molar-refractivity contribution in [3.8, 4) is 0 Å². The van der Waals surface area contributed by atoms with Crippen LogP contribution in [0.5, 0.6) is 0 Å². The molecule has 17 heavy (non-hydrogen) atoms. The van der Waals surface area contributed by atoms with E-state index < -0.39 is 10.2 Å². The van der Waals surface area contributed by atoms with Gasteiger partial charge in [-0.2, -0.15) is 12.7 Å². The van der Waals surface area contributed by atoms with Crippen LogP contribution in [0.4, 0.5) is 0 Å². The first-order valence-electron chi connectivity index (χ1n) is 6.43. The predicted molar refractivity (Wildman–Crippen MR) is 70.0 cm³/mol. The van der Waals surface area contributed by atoms with E-state index in [-0.39, 0.29) is 0 Å². The molecular weight excluding hydrogens is 238 g/mol. The minimum Gasteiger partial charge on any atom is -0.313 e. The van der Waals surface area contributed by atoms with Crippen molar-refractivity contribution in [1.29, 1.82) is 0 Å². The number of nitrogens with zero attached hydrogens (tertiary/aromatic N) is 1. The van der Waals surface area contributed by atoms with E-state index in [9.17, 15) is 8.42 Å². The quantitative estimate of drug-likeness (QED) is 0.705. The van der Waals surface area contributed by atoms with E-state index >= 15 is 0 Å². The molecule has 0 aromatic carbocycles. The minimum absolute atomic E-state index is 0.311. The fourth-order valence-corrected chi connectivity index (χ4v) is 3.36. The summed E-state index contributed by atoms with van der Waals surface area (Å²) in [5.74, 6) is 0.327. The van der Waals surface area contributed by atoms with Crippen molar-refractivity contribution >= 4 is 10.2 Å². The molecule has 1 heterocycles. The molecule has 6 heteroatoms. The fourth-order valence-electron chi connectivity index (χ4n) is 1.92. The molecule has 1 rings (SSSR count). The van der Waals surface area contributed by atoms with Crippen LogP contribution >= 0.6 is 0 Å². The number of nitrogens with one attached hydrogen (secondary N) is 2. The summed E-state index contributed by atoms with van der Waals surface area (Å²) < 4.78 is 28.3. The molecule has 0 bridgehead atoms. The van der Waals surface area contributed by atoms with Gasteiger partial charge in [-0.25, -0.2) is 4.72 Å². The van der Waals surface area contributed by atoms with E-state index in [1.807, 2.05) is 20.8 Å². The van der Waals surface area contributed by atoms with Crippen LogP contribution in [0.15, 0.2) is 0 Å². The van der Waals surface area contributed by atoms with Crippen LogP contribution in [0.3, 0.4) is 0 Å². The highest BCUT2D eigenvalue weighted by molar-refractivity contribution is 7.87. The summed E-state index contributed by atoms with van der Waals surface area (Å²) in [7, 11) is -3.31. The molecule has 102 valence electrons. The van der Waals surface area contributed by atoms with Gasteiger partial charge >= 0.3 is 0 Å². The van der Waals surface area contributed by atoms with E-state index in [1.54, 1.807) is 0 Å². The molecule has 0 aliphatic carbocycles. The highest BCUT2D eigenvalue weighted by Gasteiger charge is 2.25. The summed E-state index contributed by atoms with van der Waals surface area (Å²) in [6, 6.07) is 0.311. The van der Waals surface area contributed by atoms with Gasteiger partial charge in [-0.1, -0.05) is 20.8 Å². The molecule has 1 fully saturated rings. The molecule has 1 aliphatic heterocycles. The maximum absolute atomic E-state index is 12.0. The topological polar surface area (TPSA) is 61.4 Å². The Morgan fingerprint density at radius 3 is 2.65 bits per heavy atom. The third-order valence-corrected chi connectivity index (χ3v) is 4.57. The number of hydrogen-bond donors (Lipinski definition) is 2. The van der Waals surface area contributed by atoms with Gasteiger partial charge in [0.15, 0.2) is 0 Å². The van der Waals surface area contributed by atoms with Crippen molar-refractivity contribution in [2.24, 2.45) is 5.92 Å². The van der Waals surface area contributed by atoms with E-state index in [0.717, 1.165) is 19.4 Å². The third-order valence-electron chi connectivity index (χ3n) is 2.95. The second-order valence-corrected chi connectivity index (χ2v) is 6.75. The molecule has 5 nitrogen and oxygen atoms in total. The van der Waals surface area contributed by atoms with Gasteiger partial charge in [0.25, 0.3) is 10.2 Å². The summed E-state index contributed by atoms with van der Waals surface area (Å²) in [6.07, 6.45) is 2.21. The van der Waals surface area contributed by atoms with Gasteiger partial charge in [-0.15, -0.1) is 0 Å². The van der Waals surface area contributed by atoms with Crippen molar-refractivity contribution in [1.82, 2.24) is 14.3 Å². The molecule has 2 N–H and O–H groups in total. The number of likely N-dealkylation sites (N-methyl/N-ethyl adjacent to an activating group) is 1. The van der Waals surface area contributed by atoms with Crippen LogP contribution in [0.1, 0.15) is 33.6 Å². The van der Waals surface area contributed by atoms with Crippen LogP contribution < -0.4 is 10.0 Å². The lowest BCUT2D eigenvalue weighted by atomic mass is 10.2. The Hall–Kier alpha value is -0.170. The second kappa shape index (κ2) is 6.68. The Morgan fingerprint density at radius 2 is 2.18 bits per heavy atom.